The number of benzene rings is 4. The molecule has 290 valence electrons. The third-order valence-electron chi connectivity index (χ3n) is 12.1. The van der Waals surface area contributed by atoms with E-state index in [9.17, 15) is 19.8 Å². The number of carbonyl (C=O) groups excluding carboxylic acids is 2. The fourth-order valence-corrected chi connectivity index (χ4v) is 8.72. The van der Waals surface area contributed by atoms with Gasteiger partial charge in [0.05, 0.1) is 46.0 Å². The van der Waals surface area contributed by atoms with E-state index in [1.54, 1.807) is 56.6 Å². The van der Waals surface area contributed by atoms with E-state index < -0.39 is 17.1 Å². The lowest BCUT2D eigenvalue weighted by Crippen LogP contribution is -2.53. The first-order valence-corrected chi connectivity index (χ1v) is 19.4. The van der Waals surface area contributed by atoms with Crippen LogP contribution in [0.5, 0.6) is 17.2 Å². The fraction of sp³-hybridized carbons (Fsp3) is 0.404. The van der Waals surface area contributed by atoms with Gasteiger partial charge in [-0.1, -0.05) is 67.1 Å². The molecule has 0 heterocycles. The number of ketones is 1. The number of carbonyl (C=O) groups is 2. The number of fused-ring (bicyclic) bond motifs is 8. The average molecular weight is 746 g/mol. The van der Waals surface area contributed by atoms with Gasteiger partial charge >= 0.3 is 0 Å². The molecule has 0 aromatic heterocycles. The Morgan fingerprint density at radius 3 is 2.29 bits per heavy atom. The van der Waals surface area contributed by atoms with Crippen LogP contribution in [0.15, 0.2) is 103 Å². The van der Waals surface area contributed by atoms with Crippen molar-refractivity contribution in [2.45, 2.75) is 89.4 Å². The first-order valence-electron chi connectivity index (χ1n) is 19.4. The maximum absolute atomic E-state index is 14.5. The van der Waals surface area contributed by atoms with Crippen LogP contribution in [0.4, 0.5) is 0 Å². The van der Waals surface area contributed by atoms with Crippen LogP contribution >= 0.6 is 0 Å². The molecule has 3 aliphatic carbocycles. The Bertz CT molecular complexity index is 1990. The maximum atomic E-state index is 14.5. The van der Waals surface area contributed by atoms with Crippen LogP contribution in [0.2, 0.25) is 0 Å². The van der Waals surface area contributed by atoms with Crippen molar-refractivity contribution in [2.24, 2.45) is 5.41 Å². The molecule has 55 heavy (non-hydrogen) atoms. The molecule has 8 nitrogen and oxygen atoms in total. The number of methoxy groups -OCH3 is 3. The quantitative estimate of drug-likeness (QED) is 0.118. The molecule has 0 aliphatic heterocycles. The van der Waals surface area contributed by atoms with Crippen LogP contribution < -0.4 is 14.2 Å². The number of allylic oxidation sites excluding steroid dienone is 2. The lowest BCUT2D eigenvalue weighted by atomic mass is 9.64. The molecule has 4 aromatic rings. The average Bonchev–Trinajstić information content (AvgIpc) is 3.45. The number of rotatable bonds is 11. The molecule has 3 aliphatic rings. The summed E-state index contributed by atoms with van der Waals surface area (Å²) in [5, 5.41) is 24.1. The molecule has 4 unspecified atom stereocenters. The molecular formula is C47H55NO7. The Hall–Kier alpha value is -4.92. The lowest BCUT2D eigenvalue weighted by molar-refractivity contribution is -0.140. The number of amides is 1. The van der Waals surface area contributed by atoms with Gasteiger partial charge in [-0.15, -0.1) is 0 Å². The third-order valence-corrected chi connectivity index (χ3v) is 12.1. The minimum Gasteiger partial charge on any atom is -0.497 e. The van der Waals surface area contributed by atoms with Gasteiger partial charge in [-0.3, -0.25) is 9.59 Å². The molecule has 1 fully saturated rings. The topological polar surface area (TPSA) is 106 Å². The number of hydrogen-bond donors (Lipinski definition) is 2. The second-order valence-electron chi connectivity index (χ2n) is 15.6. The third kappa shape index (κ3) is 8.82. The van der Waals surface area contributed by atoms with Gasteiger partial charge < -0.3 is 29.3 Å². The molecule has 8 heteroatoms. The summed E-state index contributed by atoms with van der Waals surface area (Å²) in [4.78, 5) is 30.7. The second-order valence-corrected chi connectivity index (χ2v) is 15.6. The number of ether oxygens (including phenoxy) is 3. The molecule has 7 rings (SSSR count). The van der Waals surface area contributed by atoms with Crippen molar-refractivity contribution in [1.82, 2.24) is 4.90 Å². The predicted molar refractivity (Wildman–Crippen MR) is 215 cm³/mol. The number of aliphatic hydroxyl groups is 2. The van der Waals surface area contributed by atoms with E-state index in [-0.39, 0.29) is 30.6 Å². The Morgan fingerprint density at radius 1 is 0.836 bits per heavy atom. The predicted octanol–water partition coefficient (Wildman–Crippen LogP) is 8.25. The first kappa shape index (κ1) is 39.8. The van der Waals surface area contributed by atoms with E-state index in [1.165, 1.54) is 5.57 Å². The fourth-order valence-electron chi connectivity index (χ4n) is 8.72. The summed E-state index contributed by atoms with van der Waals surface area (Å²) in [6.07, 6.45) is 6.11. The molecule has 2 N–H and O–H groups in total. The van der Waals surface area contributed by atoms with Crippen LogP contribution in [0.25, 0.3) is 0 Å². The van der Waals surface area contributed by atoms with Gasteiger partial charge in [0.15, 0.2) is 17.3 Å². The van der Waals surface area contributed by atoms with Crippen molar-refractivity contribution < 1.29 is 34.0 Å². The van der Waals surface area contributed by atoms with E-state index >= 15 is 0 Å². The van der Waals surface area contributed by atoms with Gasteiger partial charge in [-0.2, -0.15) is 0 Å². The zero-order valence-corrected chi connectivity index (χ0v) is 32.8. The summed E-state index contributed by atoms with van der Waals surface area (Å²) in [5.41, 5.74) is 3.91. The Balaban J connectivity index is 1.41. The molecule has 0 saturated heterocycles. The highest BCUT2D eigenvalue weighted by molar-refractivity contribution is 6.10. The van der Waals surface area contributed by atoms with Gasteiger partial charge in [-0.25, -0.2) is 0 Å². The highest BCUT2D eigenvalue weighted by Gasteiger charge is 2.57. The number of hydrogen-bond acceptors (Lipinski definition) is 7. The molecule has 4 aromatic carbocycles. The first-order chi connectivity index (χ1) is 26.5. The van der Waals surface area contributed by atoms with Gasteiger partial charge in [0, 0.05) is 23.1 Å². The van der Waals surface area contributed by atoms with Crippen molar-refractivity contribution in [2.75, 3.05) is 27.9 Å². The van der Waals surface area contributed by atoms with E-state index in [0.29, 0.717) is 67.0 Å². The molecule has 0 radical (unpaired) electrons. The molecule has 2 bridgehead atoms. The minimum atomic E-state index is -1.27. The summed E-state index contributed by atoms with van der Waals surface area (Å²) in [6.45, 7) is 4.73. The Morgan fingerprint density at radius 2 is 1.58 bits per heavy atom. The molecule has 1 amide bonds. The smallest absolute Gasteiger partial charge is 0.227 e. The standard InChI is InChI=1S/C47H55NO7/c1-32-10-9-24-46(2)41(39-21-14-34(26-37(49)18-13-32)27-40(39)45(51)36-16-19-38(53-3)20-17-36)23-25-47(46,52)31-48(30-33-11-7-6-8-12-33)44(50)29-35-15-22-42(54-4)43(28-35)55-5/h6-8,10-12,14-17,19-22,27-28,37,41,49,52H,9,13,18,23-26,29-31H2,1-5H3. The number of aliphatic hydroxyl groups excluding tert-OH is 1. The van der Waals surface area contributed by atoms with Crippen LogP contribution in [0.3, 0.4) is 0 Å². The largest absolute Gasteiger partial charge is 0.497 e. The Kier molecular flexibility index (Phi) is 12.5. The summed E-state index contributed by atoms with van der Waals surface area (Å²) >= 11 is 0. The second kappa shape index (κ2) is 17.3. The normalized spacial score (nSPS) is 22.6. The molecular weight excluding hydrogens is 691 g/mol. The molecule has 4 atom stereocenters. The summed E-state index contributed by atoms with van der Waals surface area (Å²) in [5.74, 6) is 1.42. The van der Waals surface area contributed by atoms with Crippen molar-refractivity contribution in [3.63, 3.8) is 0 Å². The molecule has 0 spiro atoms. The summed E-state index contributed by atoms with van der Waals surface area (Å²) < 4.78 is 16.3. The monoisotopic (exact) mass is 745 g/mol. The maximum Gasteiger partial charge on any atom is 0.227 e. The van der Waals surface area contributed by atoms with E-state index in [1.807, 2.05) is 60.7 Å². The van der Waals surface area contributed by atoms with E-state index in [2.05, 4.69) is 19.9 Å². The highest BCUT2D eigenvalue weighted by atomic mass is 16.5. The van der Waals surface area contributed by atoms with Gasteiger partial charge in [0.1, 0.15) is 5.75 Å². The van der Waals surface area contributed by atoms with Gasteiger partial charge in [0.2, 0.25) is 5.91 Å². The zero-order valence-electron chi connectivity index (χ0n) is 32.8. The SMILES string of the molecule is COc1ccc(C(=O)c2cc3ccc2C2CCC(O)(CN(Cc4ccccc4)C(=O)Cc4ccc(OC)c(OC)c4)C2(C)CCC=C(C)CCC(O)C3)cc1. The van der Waals surface area contributed by atoms with Crippen molar-refractivity contribution in [3.05, 3.63) is 136 Å². The summed E-state index contributed by atoms with van der Waals surface area (Å²) in [7, 11) is 4.76. The van der Waals surface area contributed by atoms with Crippen LogP contribution in [0, 0.1) is 5.41 Å². The van der Waals surface area contributed by atoms with Crippen LogP contribution in [-0.4, -0.2) is 66.4 Å². The van der Waals surface area contributed by atoms with Crippen molar-refractivity contribution in [3.8, 4) is 17.2 Å². The van der Waals surface area contributed by atoms with Crippen LogP contribution in [0.1, 0.15) is 96.5 Å². The highest BCUT2D eigenvalue weighted by Crippen LogP contribution is 2.59. The zero-order chi connectivity index (χ0) is 39.2. The van der Waals surface area contributed by atoms with Crippen molar-refractivity contribution >= 4 is 11.7 Å². The van der Waals surface area contributed by atoms with Gasteiger partial charge in [-0.05, 0) is 123 Å². The minimum absolute atomic E-state index is 0.105. The summed E-state index contributed by atoms with van der Waals surface area (Å²) in [6, 6.07) is 28.6. The van der Waals surface area contributed by atoms with E-state index in [0.717, 1.165) is 35.1 Å². The van der Waals surface area contributed by atoms with Gasteiger partial charge in [0.25, 0.3) is 0 Å². The van der Waals surface area contributed by atoms with Crippen molar-refractivity contribution in [1.29, 1.82) is 0 Å². The lowest BCUT2D eigenvalue weighted by Gasteiger charge is -2.46. The Labute approximate surface area is 325 Å². The molecule has 1 saturated carbocycles. The van der Waals surface area contributed by atoms with Crippen LogP contribution in [-0.2, 0) is 24.2 Å². The number of nitrogens with zero attached hydrogens (tertiary/aromatic N) is 1. The van der Waals surface area contributed by atoms with E-state index in [4.69, 9.17) is 14.2 Å².